The summed E-state index contributed by atoms with van der Waals surface area (Å²) in [4.78, 5) is 39.1. The zero-order valence-electron chi connectivity index (χ0n) is 18.9. The van der Waals surface area contributed by atoms with E-state index in [1.165, 1.54) is 17.2 Å². The van der Waals surface area contributed by atoms with Crippen molar-refractivity contribution in [3.63, 3.8) is 0 Å². The van der Waals surface area contributed by atoms with Crippen LogP contribution in [-0.4, -0.2) is 17.8 Å². The first kappa shape index (κ1) is 23.7. The van der Waals surface area contributed by atoms with Crippen LogP contribution in [0, 0.1) is 20.8 Å². The van der Waals surface area contributed by atoms with Crippen molar-refractivity contribution < 1.29 is 14.4 Å². The van der Waals surface area contributed by atoms with Crippen molar-refractivity contribution in [3.8, 4) is 0 Å². The van der Waals surface area contributed by atoms with Crippen LogP contribution >= 0.6 is 23.2 Å². The smallest absolute Gasteiger partial charge is 0.273 e. The van der Waals surface area contributed by atoms with Crippen LogP contribution in [0.4, 0.5) is 10.5 Å². The summed E-state index contributed by atoms with van der Waals surface area (Å²) in [5.41, 5.74) is 5.72. The van der Waals surface area contributed by atoms with Crippen molar-refractivity contribution in [3.05, 3.63) is 104 Å². The van der Waals surface area contributed by atoms with Gasteiger partial charge >= 0.3 is 6.03 Å². The molecule has 34 heavy (non-hydrogen) atoms. The maximum Gasteiger partial charge on any atom is 0.335 e. The molecule has 3 aromatic rings. The quantitative estimate of drug-likeness (QED) is 0.349. The third-order valence-corrected chi connectivity index (χ3v) is 6.41. The number of carbonyl (C=O) groups excluding carboxylic acids is 3. The van der Waals surface area contributed by atoms with Gasteiger partial charge in [-0.15, -0.1) is 0 Å². The lowest BCUT2D eigenvalue weighted by atomic mass is 9.99. The number of anilines is 1. The highest BCUT2D eigenvalue weighted by molar-refractivity contribution is 6.40. The van der Waals surface area contributed by atoms with Gasteiger partial charge in [-0.1, -0.05) is 70.7 Å². The Bertz CT molecular complexity index is 1360. The number of hydrogen-bond donors (Lipinski definition) is 1. The summed E-state index contributed by atoms with van der Waals surface area (Å²) in [6.07, 6.45) is 2.09. The van der Waals surface area contributed by atoms with Gasteiger partial charge in [0.2, 0.25) is 0 Å². The number of hydrogen-bond acceptors (Lipinski definition) is 3. The van der Waals surface area contributed by atoms with Crippen LogP contribution in [0.25, 0.3) is 6.08 Å². The van der Waals surface area contributed by atoms with E-state index in [4.69, 9.17) is 23.2 Å². The van der Waals surface area contributed by atoms with Gasteiger partial charge in [0.25, 0.3) is 11.8 Å². The van der Waals surface area contributed by atoms with Gasteiger partial charge in [0.1, 0.15) is 5.57 Å². The van der Waals surface area contributed by atoms with Gasteiger partial charge in [-0.2, -0.15) is 0 Å². The summed E-state index contributed by atoms with van der Waals surface area (Å²) in [6.45, 7) is 5.81. The van der Waals surface area contributed by atoms with Crippen molar-refractivity contribution in [2.45, 2.75) is 27.2 Å². The second-order valence-corrected chi connectivity index (χ2v) is 9.18. The van der Waals surface area contributed by atoms with Crippen LogP contribution in [0.15, 0.2) is 60.2 Å². The lowest BCUT2D eigenvalue weighted by Gasteiger charge is -2.27. The molecule has 0 aliphatic carbocycles. The standard InChI is InChI=1S/C27H22Cl2N2O3/c1-15-9-16(2)11-19(10-15)12-20-8-7-18(14-23(20)29)13-21-25(32)30-27(34)31(26(21)33)24-6-4-5-22(28)17(24)3/h4-11,13-14H,12H2,1-3H3,(H,30,32,34)/b21-13+. The van der Waals surface area contributed by atoms with E-state index in [-0.39, 0.29) is 5.57 Å². The number of aryl methyl sites for hydroxylation is 2. The van der Waals surface area contributed by atoms with Gasteiger partial charge in [-0.3, -0.25) is 14.9 Å². The van der Waals surface area contributed by atoms with Crippen LogP contribution < -0.4 is 10.2 Å². The molecule has 4 amide bonds. The molecule has 1 aliphatic heterocycles. The zero-order valence-corrected chi connectivity index (χ0v) is 20.4. The molecule has 4 rings (SSSR count). The van der Waals surface area contributed by atoms with Crippen LogP contribution in [0.1, 0.15) is 33.4 Å². The number of urea groups is 1. The van der Waals surface area contributed by atoms with Gasteiger partial charge in [-0.25, -0.2) is 9.69 Å². The lowest BCUT2D eigenvalue weighted by molar-refractivity contribution is -0.122. The Morgan fingerprint density at radius 3 is 2.26 bits per heavy atom. The fourth-order valence-electron chi connectivity index (χ4n) is 4.07. The predicted octanol–water partition coefficient (Wildman–Crippen LogP) is 6.18. The lowest BCUT2D eigenvalue weighted by Crippen LogP contribution is -2.54. The summed E-state index contributed by atoms with van der Waals surface area (Å²) < 4.78 is 0. The van der Waals surface area contributed by atoms with Crippen LogP contribution in [0.5, 0.6) is 0 Å². The topological polar surface area (TPSA) is 66.5 Å². The summed E-state index contributed by atoms with van der Waals surface area (Å²) in [7, 11) is 0. The Labute approximate surface area is 208 Å². The number of nitrogens with zero attached hydrogens (tertiary/aromatic N) is 1. The first-order valence-corrected chi connectivity index (χ1v) is 11.4. The summed E-state index contributed by atoms with van der Waals surface area (Å²) >= 11 is 12.7. The SMILES string of the molecule is Cc1cc(C)cc(Cc2ccc(/C=C3\C(=O)NC(=O)N(c4cccc(Cl)c4C)C3=O)cc2Cl)c1. The predicted molar refractivity (Wildman–Crippen MR) is 135 cm³/mol. The van der Waals surface area contributed by atoms with Crippen molar-refractivity contribution >= 4 is 52.8 Å². The van der Waals surface area contributed by atoms with Gasteiger partial charge in [0, 0.05) is 10.0 Å². The molecule has 172 valence electrons. The molecule has 0 saturated carbocycles. The van der Waals surface area contributed by atoms with Crippen molar-refractivity contribution in [2.24, 2.45) is 0 Å². The molecular formula is C27H22Cl2N2O3. The molecule has 0 spiro atoms. The van der Waals surface area contributed by atoms with E-state index in [0.29, 0.717) is 33.3 Å². The van der Waals surface area contributed by atoms with E-state index >= 15 is 0 Å². The van der Waals surface area contributed by atoms with Gasteiger partial charge in [0.15, 0.2) is 0 Å². The highest BCUT2D eigenvalue weighted by atomic mass is 35.5. The van der Waals surface area contributed by atoms with Crippen molar-refractivity contribution in [1.29, 1.82) is 0 Å². The molecule has 1 N–H and O–H groups in total. The maximum atomic E-state index is 13.2. The van der Waals surface area contributed by atoms with Crippen molar-refractivity contribution in [1.82, 2.24) is 5.32 Å². The average molecular weight is 493 g/mol. The minimum atomic E-state index is -0.820. The molecule has 1 fully saturated rings. The molecule has 0 unspecified atom stereocenters. The Hall–Kier alpha value is -3.41. The number of carbonyl (C=O) groups is 3. The molecule has 7 heteroatoms. The van der Waals surface area contributed by atoms with Crippen LogP contribution in [0.2, 0.25) is 10.0 Å². The summed E-state index contributed by atoms with van der Waals surface area (Å²) in [5, 5.41) is 3.16. The second kappa shape index (κ2) is 9.45. The minimum absolute atomic E-state index is 0.169. The van der Waals surface area contributed by atoms with E-state index in [9.17, 15) is 14.4 Å². The van der Waals surface area contributed by atoms with E-state index in [2.05, 4.69) is 37.4 Å². The van der Waals surface area contributed by atoms with Crippen LogP contribution in [0.3, 0.4) is 0 Å². The van der Waals surface area contributed by atoms with Crippen molar-refractivity contribution in [2.75, 3.05) is 4.90 Å². The largest absolute Gasteiger partial charge is 0.335 e. The first-order valence-electron chi connectivity index (χ1n) is 10.7. The Morgan fingerprint density at radius 2 is 1.59 bits per heavy atom. The highest BCUT2D eigenvalue weighted by Gasteiger charge is 2.37. The first-order chi connectivity index (χ1) is 16.1. The molecule has 0 bridgehead atoms. The summed E-state index contributed by atoms with van der Waals surface area (Å²) in [5.74, 6) is -1.49. The van der Waals surface area contributed by atoms with E-state index < -0.39 is 17.8 Å². The minimum Gasteiger partial charge on any atom is -0.273 e. The molecule has 1 saturated heterocycles. The molecule has 0 aromatic heterocycles. The molecule has 1 heterocycles. The fraction of sp³-hybridized carbons (Fsp3) is 0.148. The number of barbiturate groups is 1. The number of rotatable bonds is 4. The zero-order chi connectivity index (χ0) is 24.6. The third kappa shape index (κ3) is 4.76. The highest BCUT2D eigenvalue weighted by Crippen LogP contribution is 2.30. The summed E-state index contributed by atoms with van der Waals surface area (Å²) in [6, 6.07) is 15.8. The normalized spacial score (nSPS) is 15.1. The monoisotopic (exact) mass is 492 g/mol. The van der Waals surface area contributed by atoms with Gasteiger partial charge < -0.3 is 0 Å². The fourth-order valence-corrected chi connectivity index (χ4v) is 4.49. The Kier molecular flexibility index (Phi) is 6.60. The Morgan fingerprint density at radius 1 is 0.882 bits per heavy atom. The number of imide groups is 2. The van der Waals surface area contributed by atoms with Gasteiger partial charge in [-0.05, 0) is 73.7 Å². The number of halogens is 2. The molecule has 5 nitrogen and oxygen atoms in total. The van der Waals surface area contributed by atoms with Gasteiger partial charge in [0.05, 0.1) is 5.69 Å². The van der Waals surface area contributed by atoms with Crippen LogP contribution in [-0.2, 0) is 16.0 Å². The van der Waals surface area contributed by atoms with E-state index in [1.807, 2.05) is 6.07 Å². The second-order valence-electron chi connectivity index (χ2n) is 8.37. The number of nitrogens with one attached hydrogen (secondary N) is 1. The number of amides is 4. The molecule has 1 aliphatic rings. The maximum absolute atomic E-state index is 13.2. The molecule has 0 atom stereocenters. The molecule has 0 radical (unpaired) electrons. The average Bonchev–Trinajstić information content (AvgIpc) is 2.75. The molecular weight excluding hydrogens is 471 g/mol. The Balaban J connectivity index is 1.65. The van der Waals surface area contributed by atoms with E-state index in [1.54, 1.807) is 37.3 Å². The third-order valence-electron chi connectivity index (χ3n) is 5.65. The molecule has 3 aromatic carbocycles. The number of benzene rings is 3. The van der Waals surface area contributed by atoms with E-state index in [0.717, 1.165) is 16.0 Å².